The number of rotatable bonds is 4. The van der Waals surface area contributed by atoms with Gasteiger partial charge < -0.3 is 8.60 Å². The molecular weight excluding hydrogens is 394 g/mol. The van der Waals surface area contributed by atoms with Gasteiger partial charge in [0.05, 0.1) is 9.95 Å². The number of non-ortho nitro benzene ring substituents is 1. The first-order valence-corrected chi connectivity index (χ1v) is 9.43. The first-order valence-electron chi connectivity index (χ1n) is 7.65. The second-order valence-electron chi connectivity index (χ2n) is 5.67. The second kappa shape index (κ2) is 6.26. The van der Waals surface area contributed by atoms with E-state index in [0.717, 1.165) is 23.6 Å². The fourth-order valence-corrected chi connectivity index (χ4v) is 4.15. The van der Waals surface area contributed by atoms with Crippen molar-refractivity contribution in [3.63, 3.8) is 0 Å². The average Bonchev–Trinajstić information content (AvgIpc) is 2.99. The molecule has 1 aromatic heterocycles. The maximum absolute atomic E-state index is 12.6. The topological polar surface area (TPSA) is 99.7 Å². The van der Waals surface area contributed by atoms with Crippen molar-refractivity contribution in [2.24, 2.45) is 0 Å². The van der Waals surface area contributed by atoms with Gasteiger partial charge in [-0.25, -0.2) is 0 Å². The quantitative estimate of drug-likeness (QED) is 0.272. The lowest BCUT2D eigenvalue weighted by Gasteiger charge is -2.08. The van der Waals surface area contributed by atoms with E-state index >= 15 is 0 Å². The fourth-order valence-electron chi connectivity index (χ4n) is 2.73. The Labute approximate surface area is 158 Å². The van der Waals surface area contributed by atoms with E-state index < -0.39 is 25.6 Å². The average molecular weight is 404 g/mol. The van der Waals surface area contributed by atoms with Crippen LogP contribution >= 0.6 is 11.6 Å². The molecule has 1 heterocycles. The highest BCUT2D eigenvalue weighted by Crippen LogP contribution is 2.33. The Bertz CT molecular complexity index is 1310. The summed E-state index contributed by atoms with van der Waals surface area (Å²) >= 11 is 5.91. The normalized spacial score (nSPS) is 11.7. The van der Waals surface area contributed by atoms with Gasteiger partial charge in [0.2, 0.25) is 0 Å². The molecule has 0 N–H and O–H groups in total. The van der Waals surface area contributed by atoms with Crippen molar-refractivity contribution in [3.05, 3.63) is 75.8 Å². The molecule has 0 atom stereocenters. The van der Waals surface area contributed by atoms with E-state index in [1.54, 1.807) is 12.1 Å². The van der Waals surface area contributed by atoms with Crippen molar-refractivity contribution < 1.29 is 21.9 Å². The third-order valence-electron chi connectivity index (χ3n) is 3.95. The van der Waals surface area contributed by atoms with Crippen LogP contribution in [0.15, 0.2) is 70.0 Å². The molecule has 3 aromatic carbocycles. The smallest absolute Gasteiger partial charge is 0.340 e. The molecule has 0 aliphatic rings. The van der Waals surface area contributed by atoms with Crippen LogP contribution in [0, 0.1) is 10.1 Å². The van der Waals surface area contributed by atoms with Crippen LogP contribution in [-0.2, 0) is 10.1 Å². The van der Waals surface area contributed by atoms with E-state index in [-0.39, 0.29) is 10.8 Å². The Hall–Kier alpha value is -3.10. The molecule has 136 valence electrons. The first kappa shape index (κ1) is 17.3. The summed E-state index contributed by atoms with van der Waals surface area (Å²) in [5, 5.41) is 12.2. The van der Waals surface area contributed by atoms with Crippen molar-refractivity contribution in [3.8, 4) is 5.75 Å². The number of nitro benzene ring substituents is 1. The highest BCUT2D eigenvalue weighted by Gasteiger charge is 2.24. The molecule has 0 amide bonds. The summed E-state index contributed by atoms with van der Waals surface area (Å²) in [6.45, 7) is 0. The van der Waals surface area contributed by atoms with E-state index in [1.807, 2.05) is 18.2 Å². The van der Waals surface area contributed by atoms with E-state index in [0.29, 0.717) is 16.6 Å². The van der Waals surface area contributed by atoms with Crippen molar-refractivity contribution >= 4 is 49.3 Å². The molecule has 0 spiro atoms. The number of fused-ring (bicyclic) bond motifs is 3. The molecule has 0 aliphatic carbocycles. The van der Waals surface area contributed by atoms with Gasteiger partial charge in [0.1, 0.15) is 21.8 Å². The molecular formula is C18H10ClNO6S. The van der Waals surface area contributed by atoms with Crippen LogP contribution in [0.2, 0.25) is 5.02 Å². The first-order chi connectivity index (χ1) is 12.8. The molecule has 27 heavy (non-hydrogen) atoms. The van der Waals surface area contributed by atoms with Crippen LogP contribution in [0.25, 0.3) is 21.9 Å². The Kier molecular flexibility index (Phi) is 4.01. The molecule has 0 unspecified atom stereocenters. The zero-order valence-electron chi connectivity index (χ0n) is 13.5. The minimum absolute atomic E-state index is 0.0385. The van der Waals surface area contributed by atoms with E-state index in [4.69, 9.17) is 20.2 Å². The summed E-state index contributed by atoms with van der Waals surface area (Å²) < 4.78 is 36.0. The zero-order valence-corrected chi connectivity index (χ0v) is 15.0. The standard InChI is InChI=1S/C18H10ClNO6S/c19-15-7-5-11(20(21)22)9-18(15)27(23,24)26-12-6-8-17-14(10-12)13-3-1-2-4-16(13)25-17/h1-10H. The second-order valence-corrected chi connectivity index (χ2v) is 7.59. The summed E-state index contributed by atoms with van der Waals surface area (Å²) in [6.07, 6.45) is 0. The van der Waals surface area contributed by atoms with Gasteiger partial charge in [-0.05, 0) is 30.3 Å². The number of halogens is 1. The molecule has 0 saturated carbocycles. The summed E-state index contributed by atoms with van der Waals surface area (Å²) in [7, 11) is -4.37. The molecule has 9 heteroatoms. The number of furan rings is 1. The van der Waals surface area contributed by atoms with Gasteiger partial charge in [0.25, 0.3) is 5.69 Å². The van der Waals surface area contributed by atoms with Crippen molar-refractivity contribution in [1.82, 2.24) is 0 Å². The number of para-hydroxylation sites is 1. The van der Waals surface area contributed by atoms with Gasteiger partial charge in [0, 0.05) is 22.9 Å². The molecule has 4 rings (SSSR count). The zero-order chi connectivity index (χ0) is 19.2. The number of nitrogens with zero attached hydrogens (tertiary/aromatic N) is 1. The van der Waals surface area contributed by atoms with E-state index in [2.05, 4.69) is 0 Å². The predicted molar refractivity (Wildman–Crippen MR) is 99.6 cm³/mol. The lowest BCUT2D eigenvalue weighted by Crippen LogP contribution is -2.10. The molecule has 0 bridgehead atoms. The van der Waals surface area contributed by atoms with Gasteiger partial charge in [0.15, 0.2) is 0 Å². The lowest BCUT2D eigenvalue weighted by atomic mass is 10.1. The summed E-state index contributed by atoms with van der Waals surface area (Å²) in [5.41, 5.74) is 0.835. The molecule has 0 radical (unpaired) electrons. The Morgan fingerprint density at radius 2 is 1.70 bits per heavy atom. The number of hydrogen-bond donors (Lipinski definition) is 0. The van der Waals surface area contributed by atoms with Crippen molar-refractivity contribution in [2.75, 3.05) is 0 Å². The third kappa shape index (κ3) is 3.09. The molecule has 4 aromatic rings. The van der Waals surface area contributed by atoms with Gasteiger partial charge >= 0.3 is 10.1 Å². The molecule has 7 nitrogen and oxygen atoms in total. The Balaban J connectivity index is 1.78. The highest BCUT2D eigenvalue weighted by atomic mass is 35.5. The van der Waals surface area contributed by atoms with Crippen molar-refractivity contribution in [1.29, 1.82) is 0 Å². The lowest BCUT2D eigenvalue weighted by molar-refractivity contribution is -0.385. The van der Waals surface area contributed by atoms with Gasteiger partial charge in [-0.2, -0.15) is 8.42 Å². The Morgan fingerprint density at radius 1 is 0.963 bits per heavy atom. The molecule has 0 fully saturated rings. The largest absolute Gasteiger partial charge is 0.456 e. The van der Waals surface area contributed by atoms with E-state index in [9.17, 15) is 18.5 Å². The van der Waals surface area contributed by atoms with Crippen LogP contribution in [0.1, 0.15) is 0 Å². The Morgan fingerprint density at radius 3 is 2.48 bits per heavy atom. The number of benzene rings is 3. The van der Waals surface area contributed by atoms with Gasteiger partial charge in [-0.15, -0.1) is 0 Å². The van der Waals surface area contributed by atoms with Crippen LogP contribution < -0.4 is 4.18 Å². The van der Waals surface area contributed by atoms with Gasteiger partial charge in [-0.1, -0.05) is 29.8 Å². The van der Waals surface area contributed by atoms with Gasteiger partial charge in [-0.3, -0.25) is 10.1 Å². The van der Waals surface area contributed by atoms with Crippen LogP contribution in [0.3, 0.4) is 0 Å². The fraction of sp³-hybridized carbons (Fsp3) is 0. The monoisotopic (exact) mass is 403 g/mol. The minimum Gasteiger partial charge on any atom is -0.456 e. The van der Waals surface area contributed by atoms with Crippen LogP contribution in [0.5, 0.6) is 5.75 Å². The SMILES string of the molecule is O=[N+]([O-])c1ccc(Cl)c(S(=O)(=O)Oc2ccc3oc4ccccc4c3c2)c1. The summed E-state index contributed by atoms with van der Waals surface area (Å²) in [4.78, 5) is 9.72. The third-order valence-corrected chi connectivity index (χ3v) is 5.68. The molecule has 0 aliphatic heterocycles. The molecule has 0 saturated heterocycles. The maximum atomic E-state index is 12.6. The van der Waals surface area contributed by atoms with E-state index in [1.165, 1.54) is 12.1 Å². The maximum Gasteiger partial charge on any atom is 0.340 e. The van der Waals surface area contributed by atoms with Crippen molar-refractivity contribution in [2.45, 2.75) is 4.90 Å². The predicted octanol–water partition coefficient (Wildman–Crippen LogP) is 4.92. The summed E-state index contributed by atoms with van der Waals surface area (Å²) in [5.74, 6) is 0.0385. The highest BCUT2D eigenvalue weighted by molar-refractivity contribution is 7.87. The summed E-state index contributed by atoms with van der Waals surface area (Å²) in [6, 6.07) is 15.0. The number of hydrogen-bond acceptors (Lipinski definition) is 6. The number of nitro groups is 1. The minimum atomic E-state index is -4.37. The van der Waals surface area contributed by atoms with Crippen LogP contribution in [0.4, 0.5) is 5.69 Å². The van der Waals surface area contributed by atoms with Crippen LogP contribution in [-0.4, -0.2) is 13.3 Å².